The summed E-state index contributed by atoms with van der Waals surface area (Å²) in [5.41, 5.74) is 0.854. The molecular weight excluding hydrogens is 319 g/mol. The number of hydrogen-bond donors (Lipinski definition) is 1. The highest BCUT2D eigenvalue weighted by atomic mass is 32.2. The zero-order chi connectivity index (χ0) is 16.3. The van der Waals surface area contributed by atoms with Gasteiger partial charge in [-0.05, 0) is 29.1 Å². The van der Waals surface area contributed by atoms with Gasteiger partial charge in [0.25, 0.3) is 0 Å². The summed E-state index contributed by atoms with van der Waals surface area (Å²) in [7, 11) is 0.223. The molecule has 122 valence electrons. The van der Waals surface area contributed by atoms with Crippen molar-refractivity contribution in [3.8, 4) is 0 Å². The number of benzene rings is 2. The topological polar surface area (TPSA) is 12.0 Å². The third-order valence-corrected chi connectivity index (χ3v) is 6.30. The van der Waals surface area contributed by atoms with Gasteiger partial charge in [-0.25, -0.2) is 0 Å². The summed E-state index contributed by atoms with van der Waals surface area (Å²) in [6, 6.07) is 12.1. The van der Waals surface area contributed by atoms with Crippen LogP contribution >= 0.6 is 0 Å². The second kappa shape index (κ2) is 6.97. The minimum atomic E-state index is -4.15. The lowest BCUT2D eigenvalue weighted by Crippen LogP contribution is -2.36. The van der Waals surface area contributed by atoms with Crippen LogP contribution in [0.15, 0.2) is 47.4 Å². The Bertz CT molecular complexity index is 703. The number of nitrogens with one attached hydrogen (secondary N) is 1. The minimum absolute atomic E-state index is 0.223. The smallest absolute Gasteiger partial charge is 0.308 e. The molecule has 1 saturated heterocycles. The Morgan fingerprint density at radius 2 is 1.70 bits per heavy atom. The van der Waals surface area contributed by atoms with Crippen LogP contribution in [0, 0.1) is 0 Å². The van der Waals surface area contributed by atoms with E-state index in [9.17, 15) is 13.2 Å². The van der Waals surface area contributed by atoms with E-state index >= 15 is 0 Å². The van der Waals surface area contributed by atoms with Crippen LogP contribution < -0.4 is 5.32 Å². The molecule has 0 aromatic heterocycles. The van der Waals surface area contributed by atoms with Gasteiger partial charge in [0.1, 0.15) is 11.5 Å². The van der Waals surface area contributed by atoms with Gasteiger partial charge in [-0.2, -0.15) is 13.2 Å². The Balaban J connectivity index is 1.95. The molecular formula is C18H19F3NS+. The van der Waals surface area contributed by atoms with Crippen LogP contribution in [0.4, 0.5) is 13.2 Å². The normalized spacial score (nSPS) is 17.2. The Morgan fingerprint density at radius 3 is 2.39 bits per heavy atom. The summed E-state index contributed by atoms with van der Waals surface area (Å²) in [4.78, 5) is 1.34. The van der Waals surface area contributed by atoms with E-state index in [0.717, 1.165) is 35.5 Å². The van der Waals surface area contributed by atoms with Crippen LogP contribution in [0.1, 0.15) is 12.0 Å². The molecule has 23 heavy (non-hydrogen) atoms. The van der Waals surface area contributed by atoms with Gasteiger partial charge in [0.05, 0.1) is 6.42 Å². The molecule has 1 fully saturated rings. The van der Waals surface area contributed by atoms with Gasteiger partial charge < -0.3 is 5.32 Å². The second-order valence-electron chi connectivity index (χ2n) is 5.57. The van der Waals surface area contributed by atoms with Crippen molar-refractivity contribution >= 4 is 27.7 Å². The van der Waals surface area contributed by atoms with E-state index in [1.54, 1.807) is 6.08 Å². The number of hydrogen-bond acceptors (Lipinski definition) is 1. The van der Waals surface area contributed by atoms with Crippen molar-refractivity contribution in [2.45, 2.75) is 17.5 Å². The van der Waals surface area contributed by atoms with Crippen molar-refractivity contribution in [2.24, 2.45) is 0 Å². The molecule has 0 bridgehead atoms. The molecule has 0 aliphatic carbocycles. The Kier molecular flexibility index (Phi) is 4.97. The monoisotopic (exact) mass is 338 g/mol. The van der Waals surface area contributed by atoms with Crippen LogP contribution in [0.3, 0.4) is 0 Å². The number of halogens is 3. The van der Waals surface area contributed by atoms with Crippen molar-refractivity contribution in [2.75, 3.05) is 24.6 Å². The first-order valence-electron chi connectivity index (χ1n) is 7.68. The molecule has 2 aromatic carbocycles. The van der Waals surface area contributed by atoms with Crippen LogP contribution in [0.2, 0.25) is 0 Å². The van der Waals surface area contributed by atoms with Gasteiger partial charge in [-0.1, -0.05) is 30.4 Å². The third-order valence-electron chi connectivity index (χ3n) is 3.93. The lowest BCUT2D eigenvalue weighted by atomic mass is 10.0. The zero-order valence-electron chi connectivity index (χ0n) is 12.7. The number of allylic oxidation sites excluding steroid dienone is 1. The van der Waals surface area contributed by atoms with E-state index in [1.165, 1.54) is 16.4 Å². The van der Waals surface area contributed by atoms with Crippen molar-refractivity contribution < 1.29 is 13.2 Å². The molecule has 0 amide bonds. The quantitative estimate of drug-likeness (QED) is 0.819. The predicted octanol–water partition coefficient (Wildman–Crippen LogP) is 4.39. The van der Waals surface area contributed by atoms with Gasteiger partial charge >= 0.3 is 6.18 Å². The van der Waals surface area contributed by atoms with Crippen LogP contribution in [-0.2, 0) is 10.9 Å². The van der Waals surface area contributed by atoms with Gasteiger partial charge in [0.2, 0.25) is 0 Å². The summed E-state index contributed by atoms with van der Waals surface area (Å²) in [5, 5.41) is 5.58. The number of fused-ring (bicyclic) bond motifs is 1. The Morgan fingerprint density at radius 1 is 1.00 bits per heavy atom. The zero-order valence-corrected chi connectivity index (χ0v) is 13.5. The fourth-order valence-corrected chi connectivity index (χ4v) is 5.02. The van der Waals surface area contributed by atoms with Crippen LogP contribution in [-0.4, -0.2) is 30.8 Å². The highest BCUT2D eigenvalue weighted by molar-refractivity contribution is 7.97. The first-order chi connectivity index (χ1) is 11.0. The van der Waals surface area contributed by atoms with E-state index in [-0.39, 0.29) is 10.9 Å². The van der Waals surface area contributed by atoms with Crippen LogP contribution in [0.25, 0.3) is 16.8 Å². The molecule has 0 atom stereocenters. The molecule has 1 heterocycles. The maximum absolute atomic E-state index is 12.3. The number of alkyl halides is 3. The molecule has 1 aliphatic rings. The Hall–Kier alpha value is -1.46. The van der Waals surface area contributed by atoms with Gasteiger partial charge in [-0.3, -0.25) is 0 Å². The van der Waals surface area contributed by atoms with E-state index in [1.807, 2.05) is 24.3 Å². The van der Waals surface area contributed by atoms with E-state index in [4.69, 9.17) is 0 Å². The molecule has 0 unspecified atom stereocenters. The summed E-state index contributed by atoms with van der Waals surface area (Å²) < 4.78 is 37.0. The molecule has 3 rings (SSSR count). The van der Waals surface area contributed by atoms with Crippen molar-refractivity contribution in [3.05, 3.63) is 48.0 Å². The SMILES string of the molecule is FC(F)(F)C/C=C/c1ccc([S+]2CCNCC2)c2ccccc12. The largest absolute Gasteiger partial charge is 0.392 e. The van der Waals surface area contributed by atoms with Gasteiger partial charge in [-0.15, -0.1) is 0 Å². The minimum Gasteiger partial charge on any atom is -0.308 e. The molecule has 0 spiro atoms. The highest BCUT2D eigenvalue weighted by Gasteiger charge is 2.27. The Labute approximate surface area is 136 Å². The molecule has 2 aromatic rings. The molecule has 0 radical (unpaired) electrons. The number of rotatable bonds is 3. The lowest BCUT2D eigenvalue weighted by molar-refractivity contribution is -0.124. The fourth-order valence-electron chi connectivity index (χ4n) is 2.85. The maximum atomic E-state index is 12.3. The van der Waals surface area contributed by atoms with Gasteiger partial charge in [0.15, 0.2) is 4.90 Å². The van der Waals surface area contributed by atoms with Crippen molar-refractivity contribution in [1.29, 1.82) is 0 Å². The van der Waals surface area contributed by atoms with E-state index < -0.39 is 12.6 Å². The molecule has 1 nitrogen and oxygen atoms in total. The van der Waals surface area contributed by atoms with E-state index in [0.29, 0.717) is 0 Å². The molecule has 1 aliphatic heterocycles. The highest BCUT2D eigenvalue weighted by Crippen LogP contribution is 2.30. The molecule has 5 heteroatoms. The van der Waals surface area contributed by atoms with Crippen LogP contribution in [0.5, 0.6) is 0 Å². The first kappa shape index (κ1) is 16.4. The summed E-state index contributed by atoms with van der Waals surface area (Å²) in [5.74, 6) is 2.26. The third kappa shape index (κ3) is 4.09. The summed E-state index contributed by atoms with van der Waals surface area (Å²) in [6.07, 6.45) is -2.25. The molecule has 0 saturated carbocycles. The summed E-state index contributed by atoms with van der Waals surface area (Å²) >= 11 is 0. The van der Waals surface area contributed by atoms with E-state index in [2.05, 4.69) is 17.4 Å². The first-order valence-corrected chi connectivity index (χ1v) is 9.24. The lowest BCUT2D eigenvalue weighted by Gasteiger charge is -2.16. The maximum Gasteiger partial charge on any atom is 0.392 e. The molecule has 1 N–H and O–H groups in total. The standard InChI is InChI=1S/C18H19F3NS/c19-18(20,21)9-3-4-14-7-8-17(23-12-10-22-11-13-23)16-6-2-1-5-15(14)16/h1-8,22H,9-13H2/q+1/b4-3+. The second-order valence-corrected chi connectivity index (χ2v) is 7.81. The average molecular weight is 338 g/mol. The average Bonchev–Trinajstić information content (AvgIpc) is 2.55. The van der Waals surface area contributed by atoms with Crippen molar-refractivity contribution in [1.82, 2.24) is 5.32 Å². The van der Waals surface area contributed by atoms with Gasteiger partial charge in [0, 0.05) is 29.4 Å². The summed E-state index contributed by atoms with van der Waals surface area (Å²) in [6.45, 7) is 2.06. The fraction of sp³-hybridized carbons (Fsp3) is 0.333. The predicted molar refractivity (Wildman–Crippen MR) is 91.9 cm³/mol. The van der Waals surface area contributed by atoms with Crippen molar-refractivity contribution in [3.63, 3.8) is 0 Å².